The standard InChI is InChI=1S/C16H15BrClN3O3/c17-11-3-4-13(12(18)10-11)19-16(23)21-7-5-20(6-8-21)15(22)14-2-1-9-24-14/h1-4,9-10H,5-8H2,(H,19,23). The molecule has 3 rings (SSSR count). The number of hydrogen-bond donors (Lipinski definition) is 1. The van der Waals surface area contributed by atoms with E-state index in [0.29, 0.717) is 42.6 Å². The highest BCUT2D eigenvalue weighted by molar-refractivity contribution is 9.10. The van der Waals surface area contributed by atoms with Crippen LogP contribution < -0.4 is 5.32 Å². The molecule has 1 aliphatic rings. The largest absolute Gasteiger partial charge is 0.459 e. The molecule has 126 valence electrons. The van der Waals surface area contributed by atoms with Crippen molar-refractivity contribution in [3.8, 4) is 0 Å². The van der Waals surface area contributed by atoms with Gasteiger partial charge in [-0.3, -0.25) is 4.79 Å². The van der Waals surface area contributed by atoms with E-state index in [1.165, 1.54) is 6.26 Å². The van der Waals surface area contributed by atoms with E-state index in [-0.39, 0.29) is 11.9 Å². The molecule has 0 aliphatic carbocycles. The molecule has 1 fully saturated rings. The van der Waals surface area contributed by atoms with E-state index in [0.717, 1.165) is 4.47 Å². The van der Waals surface area contributed by atoms with Gasteiger partial charge in [0.2, 0.25) is 0 Å². The maximum Gasteiger partial charge on any atom is 0.322 e. The summed E-state index contributed by atoms with van der Waals surface area (Å²) in [4.78, 5) is 27.9. The Hall–Kier alpha value is -1.99. The highest BCUT2D eigenvalue weighted by Gasteiger charge is 2.26. The molecule has 1 aromatic carbocycles. The maximum atomic E-state index is 12.3. The first-order valence-electron chi connectivity index (χ1n) is 7.38. The van der Waals surface area contributed by atoms with E-state index in [4.69, 9.17) is 16.0 Å². The van der Waals surface area contributed by atoms with Gasteiger partial charge in [0.1, 0.15) is 0 Å². The van der Waals surface area contributed by atoms with Crippen LogP contribution in [-0.4, -0.2) is 47.9 Å². The number of piperazine rings is 1. The summed E-state index contributed by atoms with van der Waals surface area (Å²) in [6, 6.07) is 8.35. The second kappa shape index (κ2) is 7.27. The van der Waals surface area contributed by atoms with Crippen molar-refractivity contribution >= 4 is 45.2 Å². The summed E-state index contributed by atoms with van der Waals surface area (Å²) in [5, 5.41) is 3.25. The first-order valence-corrected chi connectivity index (χ1v) is 8.55. The van der Waals surface area contributed by atoms with Crippen LogP contribution >= 0.6 is 27.5 Å². The fourth-order valence-corrected chi connectivity index (χ4v) is 3.17. The van der Waals surface area contributed by atoms with Crippen LogP contribution in [0.4, 0.5) is 10.5 Å². The van der Waals surface area contributed by atoms with Crippen LogP contribution in [0.5, 0.6) is 0 Å². The van der Waals surface area contributed by atoms with E-state index >= 15 is 0 Å². The Morgan fingerprint density at radius 2 is 1.83 bits per heavy atom. The second-order valence-corrected chi connectivity index (χ2v) is 6.63. The number of carbonyl (C=O) groups excluding carboxylic acids is 2. The Balaban J connectivity index is 1.56. The summed E-state index contributed by atoms with van der Waals surface area (Å²) >= 11 is 9.43. The number of halogens is 2. The lowest BCUT2D eigenvalue weighted by Gasteiger charge is -2.34. The van der Waals surface area contributed by atoms with Crippen LogP contribution in [0.1, 0.15) is 10.6 Å². The number of furan rings is 1. The molecule has 0 atom stereocenters. The molecule has 0 bridgehead atoms. The lowest BCUT2D eigenvalue weighted by Crippen LogP contribution is -2.51. The Kier molecular flexibility index (Phi) is 5.11. The minimum atomic E-state index is -0.232. The van der Waals surface area contributed by atoms with E-state index < -0.39 is 0 Å². The third kappa shape index (κ3) is 3.73. The molecule has 2 aromatic rings. The van der Waals surface area contributed by atoms with Crippen molar-refractivity contribution in [2.45, 2.75) is 0 Å². The number of rotatable bonds is 2. The molecule has 1 N–H and O–H groups in total. The molecule has 2 heterocycles. The first kappa shape index (κ1) is 16.9. The number of nitrogens with zero attached hydrogens (tertiary/aromatic N) is 2. The van der Waals surface area contributed by atoms with Gasteiger partial charge in [0.25, 0.3) is 5.91 Å². The van der Waals surface area contributed by atoms with Crippen LogP contribution in [0, 0.1) is 0 Å². The highest BCUT2D eigenvalue weighted by atomic mass is 79.9. The van der Waals surface area contributed by atoms with Crippen molar-refractivity contribution in [1.82, 2.24) is 9.80 Å². The first-order chi connectivity index (χ1) is 11.5. The number of amides is 3. The molecule has 1 aromatic heterocycles. The molecular weight excluding hydrogens is 398 g/mol. The van der Waals surface area contributed by atoms with Gasteiger partial charge in [-0.05, 0) is 30.3 Å². The summed E-state index contributed by atoms with van der Waals surface area (Å²) in [5.74, 6) is 0.158. The van der Waals surface area contributed by atoms with Crippen molar-refractivity contribution in [2.24, 2.45) is 0 Å². The fourth-order valence-electron chi connectivity index (χ4n) is 2.45. The molecule has 0 spiro atoms. The summed E-state index contributed by atoms with van der Waals surface area (Å²) in [7, 11) is 0. The third-order valence-corrected chi connectivity index (χ3v) is 4.56. The van der Waals surface area contributed by atoms with Gasteiger partial charge < -0.3 is 19.5 Å². The zero-order valence-corrected chi connectivity index (χ0v) is 15.0. The van der Waals surface area contributed by atoms with Crippen molar-refractivity contribution in [3.63, 3.8) is 0 Å². The molecule has 24 heavy (non-hydrogen) atoms. The molecular formula is C16H15BrClN3O3. The molecule has 3 amide bonds. The zero-order chi connectivity index (χ0) is 17.1. The monoisotopic (exact) mass is 411 g/mol. The normalized spacial score (nSPS) is 14.6. The topological polar surface area (TPSA) is 65.8 Å². The maximum absolute atomic E-state index is 12.3. The average molecular weight is 413 g/mol. The van der Waals surface area contributed by atoms with Crippen LogP contribution in [-0.2, 0) is 0 Å². The minimum Gasteiger partial charge on any atom is -0.459 e. The molecule has 1 saturated heterocycles. The van der Waals surface area contributed by atoms with Gasteiger partial charge in [-0.2, -0.15) is 0 Å². The number of benzene rings is 1. The molecule has 6 nitrogen and oxygen atoms in total. The number of anilines is 1. The van der Waals surface area contributed by atoms with Gasteiger partial charge in [0, 0.05) is 30.7 Å². The predicted molar refractivity (Wildman–Crippen MR) is 94.4 cm³/mol. The fraction of sp³-hybridized carbons (Fsp3) is 0.250. The van der Waals surface area contributed by atoms with Gasteiger partial charge >= 0.3 is 6.03 Å². The average Bonchev–Trinajstić information content (AvgIpc) is 3.11. The second-order valence-electron chi connectivity index (χ2n) is 5.31. The molecule has 0 radical (unpaired) electrons. The van der Waals surface area contributed by atoms with E-state index in [9.17, 15) is 9.59 Å². The lowest BCUT2D eigenvalue weighted by atomic mass is 10.3. The number of hydrogen-bond acceptors (Lipinski definition) is 3. The Labute approximate surface area is 152 Å². The number of urea groups is 1. The number of nitrogens with one attached hydrogen (secondary N) is 1. The Bertz CT molecular complexity index is 743. The van der Waals surface area contributed by atoms with Gasteiger partial charge in [-0.15, -0.1) is 0 Å². The van der Waals surface area contributed by atoms with Gasteiger partial charge in [-0.25, -0.2) is 4.79 Å². The van der Waals surface area contributed by atoms with Gasteiger partial charge in [-0.1, -0.05) is 27.5 Å². The van der Waals surface area contributed by atoms with Crippen molar-refractivity contribution in [2.75, 3.05) is 31.5 Å². The molecule has 0 saturated carbocycles. The quantitative estimate of drug-likeness (QED) is 0.818. The molecule has 8 heteroatoms. The van der Waals surface area contributed by atoms with Crippen LogP contribution in [0.2, 0.25) is 5.02 Å². The van der Waals surface area contributed by atoms with Crippen molar-refractivity contribution in [1.29, 1.82) is 0 Å². The van der Waals surface area contributed by atoms with Gasteiger partial charge in [0.15, 0.2) is 5.76 Å². The Morgan fingerprint density at radius 1 is 1.12 bits per heavy atom. The van der Waals surface area contributed by atoms with Crippen LogP contribution in [0.3, 0.4) is 0 Å². The van der Waals surface area contributed by atoms with E-state index in [2.05, 4.69) is 21.2 Å². The van der Waals surface area contributed by atoms with Crippen LogP contribution in [0.15, 0.2) is 45.5 Å². The molecule has 0 unspecified atom stereocenters. The highest BCUT2D eigenvalue weighted by Crippen LogP contribution is 2.26. The lowest BCUT2D eigenvalue weighted by molar-refractivity contribution is 0.0640. The van der Waals surface area contributed by atoms with Crippen LogP contribution in [0.25, 0.3) is 0 Å². The predicted octanol–water partition coefficient (Wildman–Crippen LogP) is 3.69. The zero-order valence-electron chi connectivity index (χ0n) is 12.7. The smallest absolute Gasteiger partial charge is 0.322 e. The number of carbonyl (C=O) groups is 2. The summed E-state index contributed by atoms with van der Waals surface area (Å²) in [6.45, 7) is 1.82. The third-order valence-electron chi connectivity index (χ3n) is 3.76. The van der Waals surface area contributed by atoms with Gasteiger partial charge in [0.05, 0.1) is 17.0 Å². The van der Waals surface area contributed by atoms with Crippen molar-refractivity contribution < 1.29 is 14.0 Å². The van der Waals surface area contributed by atoms with E-state index in [1.807, 2.05) is 6.07 Å². The Morgan fingerprint density at radius 3 is 2.46 bits per heavy atom. The minimum absolute atomic E-state index is 0.156. The SMILES string of the molecule is O=C(Nc1ccc(Br)cc1Cl)N1CCN(C(=O)c2ccco2)CC1. The van der Waals surface area contributed by atoms with E-state index in [1.54, 1.807) is 34.1 Å². The summed E-state index contributed by atoms with van der Waals surface area (Å²) in [5.41, 5.74) is 0.555. The summed E-state index contributed by atoms with van der Waals surface area (Å²) < 4.78 is 5.97. The van der Waals surface area contributed by atoms with Crippen molar-refractivity contribution in [3.05, 3.63) is 51.9 Å². The molecule has 1 aliphatic heterocycles. The summed E-state index contributed by atoms with van der Waals surface area (Å²) in [6.07, 6.45) is 1.47.